The fourth-order valence-corrected chi connectivity index (χ4v) is 3.70. The molecule has 1 aliphatic rings. The number of rotatable bonds is 6. The van der Waals surface area contributed by atoms with Gasteiger partial charge in [0.05, 0.1) is 10.7 Å². The minimum absolute atomic E-state index is 0.477. The van der Waals surface area contributed by atoms with Crippen molar-refractivity contribution in [2.45, 2.75) is 26.7 Å². The summed E-state index contributed by atoms with van der Waals surface area (Å²) in [5.74, 6) is 1.51. The van der Waals surface area contributed by atoms with Gasteiger partial charge in [-0.3, -0.25) is 4.90 Å². The molecule has 2 aromatic rings. The summed E-state index contributed by atoms with van der Waals surface area (Å²) in [6, 6.07) is 14.6. The molecule has 1 aliphatic heterocycles. The molecular weight excluding hydrogens is 344 g/mol. The molecule has 140 valence electrons. The van der Waals surface area contributed by atoms with Crippen LogP contribution in [0, 0.1) is 6.92 Å². The number of hydrogen-bond acceptors (Lipinski definition) is 3. The first-order valence-electron chi connectivity index (χ1n) is 9.50. The van der Waals surface area contributed by atoms with Crippen molar-refractivity contribution in [3.05, 3.63) is 58.6 Å². The summed E-state index contributed by atoms with van der Waals surface area (Å²) in [7, 11) is 0. The monoisotopic (exact) mass is 372 g/mol. The molecule has 1 heterocycles. The molecule has 0 saturated carbocycles. The van der Waals surface area contributed by atoms with Crippen LogP contribution in [0.5, 0.6) is 5.75 Å². The first kappa shape index (κ1) is 19.1. The minimum Gasteiger partial charge on any atom is -0.492 e. The molecule has 0 aliphatic carbocycles. The topological polar surface area (TPSA) is 15.7 Å². The smallest absolute Gasteiger partial charge is 0.123 e. The predicted molar refractivity (Wildman–Crippen MR) is 111 cm³/mol. The molecule has 0 spiro atoms. The molecule has 0 N–H and O–H groups in total. The largest absolute Gasteiger partial charge is 0.492 e. The number of hydrogen-bond donors (Lipinski definition) is 0. The van der Waals surface area contributed by atoms with Gasteiger partial charge in [-0.2, -0.15) is 0 Å². The van der Waals surface area contributed by atoms with Crippen LogP contribution >= 0.6 is 11.6 Å². The molecule has 1 fully saturated rings. The Kier molecular flexibility index (Phi) is 6.44. The summed E-state index contributed by atoms with van der Waals surface area (Å²) in [5, 5.41) is 0.838. The Balaban J connectivity index is 1.49. The van der Waals surface area contributed by atoms with E-state index >= 15 is 0 Å². The van der Waals surface area contributed by atoms with Crippen LogP contribution in [0.25, 0.3) is 0 Å². The minimum atomic E-state index is 0.477. The summed E-state index contributed by atoms with van der Waals surface area (Å²) < 4.78 is 6.14. The van der Waals surface area contributed by atoms with Crippen LogP contribution in [-0.2, 0) is 0 Å². The molecule has 0 unspecified atom stereocenters. The first-order chi connectivity index (χ1) is 12.5. The number of anilines is 1. The van der Waals surface area contributed by atoms with Crippen LogP contribution < -0.4 is 9.64 Å². The quantitative estimate of drug-likeness (QED) is 0.711. The molecule has 0 amide bonds. The second-order valence-electron chi connectivity index (χ2n) is 7.32. The maximum Gasteiger partial charge on any atom is 0.123 e. The lowest BCUT2D eigenvalue weighted by Gasteiger charge is -2.36. The Hall–Kier alpha value is -1.71. The van der Waals surface area contributed by atoms with Gasteiger partial charge in [-0.15, -0.1) is 0 Å². The van der Waals surface area contributed by atoms with Crippen molar-refractivity contribution in [3.63, 3.8) is 0 Å². The number of ether oxygens (including phenoxy) is 1. The Bertz CT molecular complexity index is 724. The summed E-state index contributed by atoms with van der Waals surface area (Å²) in [5.41, 5.74) is 3.68. The highest BCUT2D eigenvalue weighted by Gasteiger charge is 2.18. The number of piperazine rings is 1. The average Bonchev–Trinajstić information content (AvgIpc) is 2.63. The van der Waals surface area contributed by atoms with Gasteiger partial charge in [0.2, 0.25) is 0 Å². The Morgan fingerprint density at radius 3 is 2.46 bits per heavy atom. The Morgan fingerprint density at radius 1 is 1.04 bits per heavy atom. The highest BCUT2D eigenvalue weighted by molar-refractivity contribution is 6.33. The summed E-state index contributed by atoms with van der Waals surface area (Å²) in [6.45, 7) is 12.3. The molecule has 0 bridgehead atoms. The van der Waals surface area contributed by atoms with Crippen LogP contribution in [0.2, 0.25) is 5.02 Å². The molecule has 2 aromatic carbocycles. The van der Waals surface area contributed by atoms with Gasteiger partial charge in [0.15, 0.2) is 0 Å². The third-order valence-corrected chi connectivity index (χ3v) is 5.34. The van der Waals surface area contributed by atoms with Crippen LogP contribution in [0.3, 0.4) is 0 Å². The van der Waals surface area contributed by atoms with Crippen molar-refractivity contribution >= 4 is 17.3 Å². The molecule has 3 nitrogen and oxygen atoms in total. The van der Waals surface area contributed by atoms with E-state index in [4.69, 9.17) is 16.3 Å². The van der Waals surface area contributed by atoms with Gasteiger partial charge in [0.25, 0.3) is 0 Å². The number of halogens is 1. The van der Waals surface area contributed by atoms with E-state index in [1.54, 1.807) is 0 Å². The van der Waals surface area contributed by atoms with E-state index in [9.17, 15) is 0 Å². The number of benzene rings is 2. The summed E-state index contributed by atoms with van der Waals surface area (Å²) in [4.78, 5) is 4.84. The van der Waals surface area contributed by atoms with Crippen molar-refractivity contribution in [3.8, 4) is 5.75 Å². The molecular formula is C22H29ClN2O. The van der Waals surface area contributed by atoms with Crippen molar-refractivity contribution in [1.82, 2.24) is 4.90 Å². The van der Waals surface area contributed by atoms with Gasteiger partial charge in [0.1, 0.15) is 12.4 Å². The van der Waals surface area contributed by atoms with Crippen molar-refractivity contribution in [2.75, 3.05) is 44.2 Å². The van der Waals surface area contributed by atoms with Crippen LogP contribution in [0.4, 0.5) is 5.69 Å². The molecule has 1 saturated heterocycles. The van der Waals surface area contributed by atoms with Gasteiger partial charge in [0, 0.05) is 32.7 Å². The highest BCUT2D eigenvalue weighted by atomic mass is 35.5. The Labute approximate surface area is 162 Å². The molecule has 0 aromatic heterocycles. The zero-order chi connectivity index (χ0) is 18.5. The predicted octanol–water partition coefficient (Wildman–Crippen LogP) is 4.97. The first-order valence-corrected chi connectivity index (χ1v) is 9.87. The maximum atomic E-state index is 6.32. The zero-order valence-electron chi connectivity index (χ0n) is 16.0. The van der Waals surface area contributed by atoms with Crippen molar-refractivity contribution in [2.24, 2.45) is 0 Å². The van der Waals surface area contributed by atoms with Gasteiger partial charge in [-0.05, 0) is 42.2 Å². The zero-order valence-corrected chi connectivity index (χ0v) is 16.8. The normalized spacial score (nSPS) is 15.5. The number of nitrogens with zero attached hydrogens (tertiary/aromatic N) is 2. The second-order valence-corrected chi connectivity index (χ2v) is 7.73. The fraction of sp³-hybridized carbons (Fsp3) is 0.455. The second kappa shape index (κ2) is 8.79. The SMILES string of the molecule is Cc1ccc(C(C)C)c(OCCN2CCN(c3ccccc3Cl)CC2)c1. The van der Waals surface area contributed by atoms with Gasteiger partial charge >= 0.3 is 0 Å². The van der Waals surface area contributed by atoms with Crippen LogP contribution in [0.1, 0.15) is 30.9 Å². The lowest BCUT2D eigenvalue weighted by atomic mass is 10.0. The van der Waals surface area contributed by atoms with E-state index < -0.39 is 0 Å². The fourth-order valence-electron chi connectivity index (χ4n) is 3.45. The molecule has 26 heavy (non-hydrogen) atoms. The van der Waals surface area contributed by atoms with E-state index in [0.717, 1.165) is 55.8 Å². The van der Waals surface area contributed by atoms with Crippen molar-refractivity contribution in [1.29, 1.82) is 0 Å². The van der Waals surface area contributed by atoms with Crippen molar-refractivity contribution < 1.29 is 4.74 Å². The molecule has 0 atom stereocenters. The highest BCUT2D eigenvalue weighted by Crippen LogP contribution is 2.28. The van der Waals surface area contributed by atoms with E-state index in [-0.39, 0.29) is 0 Å². The van der Waals surface area contributed by atoms with Gasteiger partial charge in [-0.25, -0.2) is 0 Å². The van der Waals surface area contributed by atoms with E-state index in [1.165, 1.54) is 11.1 Å². The summed E-state index contributed by atoms with van der Waals surface area (Å²) >= 11 is 6.32. The number of para-hydroxylation sites is 1. The standard InChI is InChI=1S/C22H29ClN2O/c1-17(2)19-9-8-18(3)16-22(19)26-15-14-24-10-12-25(13-11-24)21-7-5-4-6-20(21)23/h4-9,16-17H,10-15H2,1-3H3. The van der Waals surface area contributed by atoms with Gasteiger partial charge < -0.3 is 9.64 Å². The third-order valence-electron chi connectivity index (χ3n) is 5.02. The van der Waals surface area contributed by atoms with E-state index in [1.807, 2.05) is 12.1 Å². The van der Waals surface area contributed by atoms with E-state index in [2.05, 4.69) is 60.9 Å². The molecule has 0 radical (unpaired) electrons. The third kappa shape index (κ3) is 4.72. The van der Waals surface area contributed by atoms with Crippen LogP contribution in [0.15, 0.2) is 42.5 Å². The lowest BCUT2D eigenvalue weighted by Crippen LogP contribution is -2.47. The average molecular weight is 373 g/mol. The molecule has 3 rings (SSSR count). The van der Waals surface area contributed by atoms with Gasteiger partial charge in [-0.1, -0.05) is 49.7 Å². The Morgan fingerprint density at radius 2 is 1.77 bits per heavy atom. The summed E-state index contributed by atoms with van der Waals surface area (Å²) in [6.07, 6.45) is 0. The maximum absolute atomic E-state index is 6.32. The van der Waals surface area contributed by atoms with E-state index in [0.29, 0.717) is 5.92 Å². The lowest BCUT2D eigenvalue weighted by molar-refractivity contribution is 0.199. The number of aryl methyl sites for hydroxylation is 1. The van der Waals surface area contributed by atoms with Crippen LogP contribution in [-0.4, -0.2) is 44.2 Å². The molecule has 4 heteroatoms.